The lowest BCUT2D eigenvalue weighted by Gasteiger charge is -2.32. The van der Waals surface area contributed by atoms with E-state index in [9.17, 15) is 18.0 Å². The van der Waals surface area contributed by atoms with Gasteiger partial charge in [-0.3, -0.25) is 13.9 Å². The number of hydrogen-bond donors (Lipinski definition) is 1. The number of benzene rings is 3. The van der Waals surface area contributed by atoms with E-state index >= 15 is 0 Å². The summed E-state index contributed by atoms with van der Waals surface area (Å²) in [6.07, 6.45) is 1.44. The van der Waals surface area contributed by atoms with E-state index in [1.165, 1.54) is 17.0 Å². The van der Waals surface area contributed by atoms with Gasteiger partial charge in [-0.2, -0.15) is 0 Å². The molecule has 12 heteroatoms. The molecular formula is C30H33Cl4N3O4S. The van der Waals surface area contributed by atoms with Crippen molar-refractivity contribution in [1.82, 2.24) is 10.2 Å². The molecule has 2 amide bonds. The summed E-state index contributed by atoms with van der Waals surface area (Å²) in [7, 11) is -3.75. The Morgan fingerprint density at radius 1 is 0.881 bits per heavy atom. The highest BCUT2D eigenvalue weighted by atomic mass is 35.5. The van der Waals surface area contributed by atoms with Gasteiger partial charge in [0.2, 0.25) is 21.8 Å². The van der Waals surface area contributed by atoms with Gasteiger partial charge >= 0.3 is 0 Å². The lowest BCUT2D eigenvalue weighted by molar-refractivity contribution is -0.141. The normalized spacial score (nSPS) is 12.2. The van der Waals surface area contributed by atoms with E-state index in [2.05, 4.69) is 5.32 Å². The molecule has 0 unspecified atom stereocenters. The molecule has 0 aliphatic rings. The fourth-order valence-electron chi connectivity index (χ4n) is 4.43. The molecule has 42 heavy (non-hydrogen) atoms. The second-order valence-corrected chi connectivity index (χ2v) is 13.8. The number of carbonyl (C=O) groups is 2. The number of halogens is 4. The molecule has 7 nitrogen and oxygen atoms in total. The molecule has 0 bridgehead atoms. The fourth-order valence-corrected chi connectivity index (χ4v) is 6.30. The number of sulfonamides is 1. The van der Waals surface area contributed by atoms with Crippen molar-refractivity contribution in [3.8, 4) is 0 Å². The van der Waals surface area contributed by atoms with Crippen molar-refractivity contribution in [2.24, 2.45) is 0 Å². The number of amides is 2. The first kappa shape index (κ1) is 34.0. The molecule has 0 fully saturated rings. The Hall–Kier alpha value is -2.49. The lowest BCUT2D eigenvalue weighted by Crippen LogP contribution is -2.51. The number of rotatable bonds is 13. The average molecular weight is 673 g/mol. The number of anilines is 1. The Bertz CT molecular complexity index is 1500. The lowest BCUT2D eigenvalue weighted by atomic mass is 10.0. The van der Waals surface area contributed by atoms with Gasteiger partial charge in [0.05, 0.1) is 17.0 Å². The average Bonchev–Trinajstić information content (AvgIpc) is 2.90. The second-order valence-electron chi connectivity index (χ2n) is 10.2. The van der Waals surface area contributed by atoms with Gasteiger partial charge in [0.15, 0.2) is 0 Å². The summed E-state index contributed by atoms with van der Waals surface area (Å²) in [5, 5.41) is 4.28. The minimum atomic E-state index is -3.75. The van der Waals surface area contributed by atoms with E-state index in [-0.39, 0.29) is 60.9 Å². The fraction of sp³-hybridized carbons (Fsp3) is 0.333. The van der Waals surface area contributed by atoms with Crippen LogP contribution in [0.15, 0.2) is 66.7 Å². The number of hydrogen-bond acceptors (Lipinski definition) is 4. The molecule has 0 saturated heterocycles. The van der Waals surface area contributed by atoms with Crippen molar-refractivity contribution in [2.75, 3.05) is 17.1 Å². The van der Waals surface area contributed by atoms with Crippen LogP contribution in [0, 0.1) is 0 Å². The van der Waals surface area contributed by atoms with Crippen LogP contribution in [-0.2, 0) is 32.6 Å². The van der Waals surface area contributed by atoms with Crippen LogP contribution in [0.4, 0.5) is 5.69 Å². The zero-order valence-electron chi connectivity index (χ0n) is 23.5. The van der Waals surface area contributed by atoms with Gasteiger partial charge < -0.3 is 10.2 Å². The number of nitrogens with zero attached hydrogens (tertiary/aromatic N) is 2. The third-order valence-corrected chi connectivity index (χ3v) is 8.71. The molecule has 0 saturated carbocycles. The Kier molecular flexibility index (Phi) is 12.4. The summed E-state index contributed by atoms with van der Waals surface area (Å²) in [6.45, 7) is 3.72. The van der Waals surface area contributed by atoms with Gasteiger partial charge in [-0.25, -0.2) is 8.42 Å². The third kappa shape index (κ3) is 9.78. The van der Waals surface area contributed by atoms with Crippen LogP contribution >= 0.6 is 46.4 Å². The third-order valence-electron chi connectivity index (χ3n) is 6.39. The monoisotopic (exact) mass is 671 g/mol. The van der Waals surface area contributed by atoms with Crippen LogP contribution in [-0.4, -0.2) is 50.0 Å². The molecule has 3 aromatic rings. The topological polar surface area (TPSA) is 86.8 Å². The zero-order chi connectivity index (χ0) is 31.0. The maximum Gasteiger partial charge on any atom is 0.243 e. The number of carbonyl (C=O) groups excluding carboxylic acids is 2. The van der Waals surface area contributed by atoms with E-state index < -0.39 is 16.1 Å². The van der Waals surface area contributed by atoms with Crippen molar-refractivity contribution in [3.63, 3.8) is 0 Å². The molecule has 1 atom stereocenters. The van der Waals surface area contributed by atoms with Gasteiger partial charge in [-0.15, -0.1) is 0 Å². The van der Waals surface area contributed by atoms with E-state index in [1.807, 2.05) is 44.2 Å². The molecule has 0 spiro atoms. The van der Waals surface area contributed by atoms with E-state index in [4.69, 9.17) is 46.4 Å². The molecule has 0 aliphatic heterocycles. The van der Waals surface area contributed by atoms with Gasteiger partial charge in [0, 0.05) is 47.0 Å². The van der Waals surface area contributed by atoms with Crippen LogP contribution in [0.5, 0.6) is 0 Å². The summed E-state index contributed by atoms with van der Waals surface area (Å²) in [5.74, 6) is -0.651. The maximum absolute atomic E-state index is 13.9. The first-order valence-electron chi connectivity index (χ1n) is 13.3. The van der Waals surface area contributed by atoms with Crippen LogP contribution in [0.2, 0.25) is 20.1 Å². The Morgan fingerprint density at radius 2 is 1.52 bits per heavy atom. The van der Waals surface area contributed by atoms with Crippen molar-refractivity contribution < 1.29 is 18.0 Å². The highest BCUT2D eigenvalue weighted by molar-refractivity contribution is 7.92. The van der Waals surface area contributed by atoms with E-state index in [1.54, 1.807) is 24.3 Å². The number of nitrogens with one attached hydrogen (secondary N) is 1. The Labute approximate surface area is 267 Å². The van der Waals surface area contributed by atoms with Crippen LogP contribution < -0.4 is 9.62 Å². The quantitative estimate of drug-likeness (QED) is 0.212. The largest absolute Gasteiger partial charge is 0.352 e. The standard InChI is InChI=1S/C30H33Cl4N3O4S/c1-20(2)35-30(39)28(16-21-8-5-4-6-9-21)36(19-22-11-12-23(31)17-26(22)34)29(38)10-7-15-37(42(3,40)41)27-18-24(32)13-14-25(27)33/h4-6,8-9,11-14,17-18,20,28H,7,10,15-16,19H2,1-3H3,(H,35,39)/t28-/m1/s1. The summed E-state index contributed by atoms with van der Waals surface area (Å²) < 4.78 is 26.5. The van der Waals surface area contributed by atoms with E-state index in [0.717, 1.165) is 16.1 Å². The van der Waals surface area contributed by atoms with Crippen LogP contribution in [0.25, 0.3) is 0 Å². The molecule has 0 aliphatic carbocycles. The van der Waals surface area contributed by atoms with Gasteiger partial charge in [0.25, 0.3) is 0 Å². The molecule has 0 radical (unpaired) electrons. The van der Waals surface area contributed by atoms with Crippen molar-refractivity contribution in [2.45, 2.75) is 51.7 Å². The predicted molar refractivity (Wildman–Crippen MR) is 172 cm³/mol. The first-order chi connectivity index (χ1) is 19.8. The molecule has 3 aromatic carbocycles. The molecule has 1 N–H and O–H groups in total. The summed E-state index contributed by atoms with van der Waals surface area (Å²) in [4.78, 5) is 28.9. The van der Waals surface area contributed by atoms with Gasteiger partial charge in [-0.1, -0.05) is 82.8 Å². The minimum absolute atomic E-state index is 0.0261. The Balaban J connectivity index is 1.93. The first-order valence-corrected chi connectivity index (χ1v) is 16.6. The van der Waals surface area contributed by atoms with E-state index in [0.29, 0.717) is 20.6 Å². The molecule has 3 rings (SSSR count). The summed E-state index contributed by atoms with van der Waals surface area (Å²) in [5.41, 5.74) is 1.72. The van der Waals surface area contributed by atoms with Crippen molar-refractivity contribution in [1.29, 1.82) is 0 Å². The maximum atomic E-state index is 13.9. The minimum Gasteiger partial charge on any atom is -0.352 e. The van der Waals surface area contributed by atoms with Crippen LogP contribution in [0.3, 0.4) is 0 Å². The second kappa shape index (κ2) is 15.3. The Morgan fingerprint density at radius 3 is 2.14 bits per heavy atom. The molecule has 226 valence electrons. The smallest absolute Gasteiger partial charge is 0.243 e. The van der Waals surface area contributed by atoms with Crippen molar-refractivity contribution >= 4 is 73.9 Å². The molecule has 0 aromatic heterocycles. The zero-order valence-corrected chi connectivity index (χ0v) is 27.3. The summed E-state index contributed by atoms with van der Waals surface area (Å²) in [6, 6.07) is 17.9. The van der Waals surface area contributed by atoms with Gasteiger partial charge in [-0.05, 0) is 61.7 Å². The molecular weight excluding hydrogens is 640 g/mol. The van der Waals surface area contributed by atoms with Crippen LogP contribution in [0.1, 0.15) is 37.8 Å². The summed E-state index contributed by atoms with van der Waals surface area (Å²) >= 11 is 25.0. The highest BCUT2D eigenvalue weighted by Crippen LogP contribution is 2.31. The predicted octanol–water partition coefficient (Wildman–Crippen LogP) is 7.01. The SMILES string of the molecule is CC(C)NC(=O)[C@@H](Cc1ccccc1)N(Cc1ccc(Cl)cc1Cl)C(=O)CCCN(c1cc(Cl)ccc1Cl)S(C)(=O)=O. The van der Waals surface area contributed by atoms with Gasteiger partial charge in [0.1, 0.15) is 6.04 Å². The highest BCUT2D eigenvalue weighted by Gasteiger charge is 2.31. The molecule has 0 heterocycles. The van der Waals surface area contributed by atoms with Crippen molar-refractivity contribution in [3.05, 3.63) is 97.9 Å².